The summed E-state index contributed by atoms with van der Waals surface area (Å²) in [5, 5.41) is 2.79. The van der Waals surface area contributed by atoms with Crippen molar-refractivity contribution in [3.05, 3.63) is 59.2 Å². The van der Waals surface area contributed by atoms with Gasteiger partial charge in [-0.2, -0.15) is 0 Å². The van der Waals surface area contributed by atoms with E-state index >= 15 is 0 Å². The van der Waals surface area contributed by atoms with Crippen LogP contribution in [-0.4, -0.2) is 18.8 Å². The Labute approximate surface area is 135 Å². The maximum Gasteiger partial charge on any atom is 0.228 e. The van der Waals surface area contributed by atoms with E-state index in [2.05, 4.69) is 11.2 Å². The number of ketones is 1. The van der Waals surface area contributed by atoms with Crippen molar-refractivity contribution in [2.24, 2.45) is 0 Å². The van der Waals surface area contributed by atoms with Crippen LogP contribution < -0.4 is 10.1 Å². The van der Waals surface area contributed by atoms with E-state index in [0.29, 0.717) is 28.1 Å². The molecule has 0 saturated carbocycles. The number of amides is 1. The summed E-state index contributed by atoms with van der Waals surface area (Å²) in [7, 11) is 1.53. The van der Waals surface area contributed by atoms with E-state index in [4.69, 9.17) is 11.2 Å². The Bertz CT molecular complexity index is 787. The van der Waals surface area contributed by atoms with Crippen LogP contribution in [0.3, 0.4) is 0 Å². The smallest absolute Gasteiger partial charge is 0.228 e. The van der Waals surface area contributed by atoms with Gasteiger partial charge in [-0.1, -0.05) is 12.0 Å². The standard InChI is InChI=1S/C19H17NO3/c1-4-14-6-5-7-17(10-14)20-19(22)12-16-11-15(13(2)21)8-9-18(16)23-3/h1,5-11H,12H2,2-3H3,(H,20,22). The lowest BCUT2D eigenvalue weighted by atomic mass is 10.0. The van der Waals surface area contributed by atoms with Crippen molar-refractivity contribution in [3.8, 4) is 18.1 Å². The fourth-order valence-electron chi connectivity index (χ4n) is 2.20. The number of anilines is 1. The van der Waals surface area contributed by atoms with Gasteiger partial charge in [0.1, 0.15) is 5.75 Å². The van der Waals surface area contributed by atoms with Gasteiger partial charge in [-0.15, -0.1) is 6.42 Å². The first-order valence-electron chi connectivity index (χ1n) is 7.08. The molecule has 2 aromatic rings. The summed E-state index contributed by atoms with van der Waals surface area (Å²) in [6.07, 6.45) is 5.45. The molecule has 0 aliphatic heterocycles. The Morgan fingerprint density at radius 2 is 2.00 bits per heavy atom. The van der Waals surface area contributed by atoms with Crippen LogP contribution in [0.5, 0.6) is 5.75 Å². The van der Waals surface area contributed by atoms with Crippen molar-refractivity contribution in [2.75, 3.05) is 12.4 Å². The third-order valence-corrected chi connectivity index (χ3v) is 3.35. The number of Topliss-reactive ketones (excluding diaryl/α,β-unsaturated/α-hetero) is 1. The highest BCUT2D eigenvalue weighted by Crippen LogP contribution is 2.21. The van der Waals surface area contributed by atoms with E-state index in [-0.39, 0.29) is 18.1 Å². The van der Waals surface area contributed by atoms with E-state index in [0.717, 1.165) is 0 Å². The fourth-order valence-corrected chi connectivity index (χ4v) is 2.20. The van der Waals surface area contributed by atoms with Gasteiger partial charge in [0.15, 0.2) is 5.78 Å². The average Bonchev–Trinajstić information content (AvgIpc) is 2.54. The lowest BCUT2D eigenvalue weighted by Crippen LogP contribution is -2.15. The minimum absolute atomic E-state index is 0.0592. The Kier molecular flexibility index (Phi) is 5.16. The molecule has 0 radical (unpaired) electrons. The van der Waals surface area contributed by atoms with E-state index in [9.17, 15) is 9.59 Å². The van der Waals surface area contributed by atoms with Crippen molar-refractivity contribution >= 4 is 17.4 Å². The fraction of sp³-hybridized carbons (Fsp3) is 0.158. The molecule has 1 amide bonds. The zero-order valence-corrected chi connectivity index (χ0v) is 13.1. The number of carbonyl (C=O) groups is 2. The monoisotopic (exact) mass is 307 g/mol. The number of ether oxygens (including phenoxy) is 1. The lowest BCUT2D eigenvalue weighted by Gasteiger charge is -2.10. The summed E-state index contributed by atoms with van der Waals surface area (Å²) in [6, 6.07) is 12.1. The number of nitrogens with one attached hydrogen (secondary N) is 1. The molecular weight excluding hydrogens is 290 g/mol. The quantitative estimate of drug-likeness (QED) is 0.682. The maximum absolute atomic E-state index is 12.2. The van der Waals surface area contributed by atoms with Gasteiger partial charge in [-0.05, 0) is 43.3 Å². The minimum atomic E-state index is -0.210. The molecule has 0 bridgehead atoms. The zero-order valence-electron chi connectivity index (χ0n) is 13.1. The van der Waals surface area contributed by atoms with E-state index in [1.54, 1.807) is 42.5 Å². The largest absolute Gasteiger partial charge is 0.496 e. The van der Waals surface area contributed by atoms with Crippen LogP contribution in [-0.2, 0) is 11.2 Å². The van der Waals surface area contributed by atoms with Crippen LogP contribution in [0.1, 0.15) is 28.4 Å². The molecule has 0 spiro atoms. The molecule has 116 valence electrons. The predicted octanol–water partition coefficient (Wildman–Crippen LogP) is 3.06. The molecule has 0 saturated heterocycles. The second kappa shape index (κ2) is 7.28. The van der Waals surface area contributed by atoms with Crippen molar-refractivity contribution in [1.29, 1.82) is 0 Å². The second-order valence-corrected chi connectivity index (χ2v) is 5.03. The number of methoxy groups -OCH3 is 1. The van der Waals surface area contributed by atoms with Gasteiger partial charge in [-0.25, -0.2) is 0 Å². The minimum Gasteiger partial charge on any atom is -0.496 e. The molecule has 0 aromatic heterocycles. The zero-order chi connectivity index (χ0) is 16.8. The first-order chi connectivity index (χ1) is 11.0. The van der Waals surface area contributed by atoms with Crippen LogP contribution in [0.2, 0.25) is 0 Å². The summed E-state index contributed by atoms with van der Waals surface area (Å²) >= 11 is 0. The molecule has 0 unspecified atom stereocenters. The van der Waals surface area contributed by atoms with Crippen LogP contribution >= 0.6 is 0 Å². The molecule has 0 aliphatic rings. The van der Waals surface area contributed by atoms with Crippen LogP contribution in [0.15, 0.2) is 42.5 Å². The Morgan fingerprint density at radius 3 is 2.65 bits per heavy atom. The topological polar surface area (TPSA) is 55.4 Å². The molecule has 0 atom stereocenters. The number of benzene rings is 2. The molecule has 4 heteroatoms. The van der Waals surface area contributed by atoms with Crippen molar-refractivity contribution < 1.29 is 14.3 Å². The van der Waals surface area contributed by atoms with Gasteiger partial charge in [0.25, 0.3) is 0 Å². The normalized spacial score (nSPS) is 9.78. The molecule has 0 heterocycles. The number of hydrogen-bond donors (Lipinski definition) is 1. The summed E-state index contributed by atoms with van der Waals surface area (Å²) < 4.78 is 5.25. The number of terminal acetylenes is 1. The Morgan fingerprint density at radius 1 is 1.22 bits per heavy atom. The number of hydrogen-bond acceptors (Lipinski definition) is 3. The molecule has 23 heavy (non-hydrogen) atoms. The Hall–Kier alpha value is -3.06. The molecule has 2 rings (SSSR count). The van der Waals surface area contributed by atoms with Gasteiger partial charge in [0.05, 0.1) is 13.5 Å². The van der Waals surface area contributed by atoms with E-state index < -0.39 is 0 Å². The molecule has 4 nitrogen and oxygen atoms in total. The van der Waals surface area contributed by atoms with E-state index in [1.165, 1.54) is 14.0 Å². The molecular formula is C19H17NO3. The number of rotatable bonds is 5. The summed E-state index contributed by atoms with van der Waals surface area (Å²) in [4.78, 5) is 23.7. The van der Waals surface area contributed by atoms with Gasteiger partial charge in [0.2, 0.25) is 5.91 Å². The van der Waals surface area contributed by atoms with Crippen molar-refractivity contribution in [1.82, 2.24) is 0 Å². The Balaban J connectivity index is 2.17. The van der Waals surface area contributed by atoms with E-state index in [1.807, 2.05) is 0 Å². The van der Waals surface area contributed by atoms with Gasteiger partial charge in [-0.3, -0.25) is 9.59 Å². The summed E-state index contributed by atoms with van der Waals surface area (Å²) in [5.74, 6) is 2.82. The highest BCUT2D eigenvalue weighted by molar-refractivity contribution is 5.96. The summed E-state index contributed by atoms with van der Waals surface area (Å²) in [6.45, 7) is 1.48. The first kappa shape index (κ1) is 16.3. The molecule has 2 aromatic carbocycles. The van der Waals surface area contributed by atoms with Crippen LogP contribution in [0, 0.1) is 12.3 Å². The average molecular weight is 307 g/mol. The van der Waals surface area contributed by atoms with Gasteiger partial charge in [0, 0.05) is 22.4 Å². The van der Waals surface area contributed by atoms with Crippen LogP contribution in [0.4, 0.5) is 5.69 Å². The van der Waals surface area contributed by atoms with Gasteiger partial charge >= 0.3 is 0 Å². The maximum atomic E-state index is 12.2. The highest BCUT2D eigenvalue weighted by Gasteiger charge is 2.12. The SMILES string of the molecule is C#Cc1cccc(NC(=O)Cc2cc(C(C)=O)ccc2OC)c1. The second-order valence-electron chi connectivity index (χ2n) is 5.03. The van der Waals surface area contributed by atoms with Crippen LogP contribution in [0.25, 0.3) is 0 Å². The molecule has 0 aliphatic carbocycles. The molecule has 0 fully saturated rings. The van der Waals surface area contributed by atoms with Crippen molar-refractivity contribution in [3.63, 3.8) is 0 Å². The third-order valence-electron chi connectivity index (χ3n) is 3.35. The predicted molar refractivity (Wildman–Crippen MR) is 89.7 cm³/mol. The van der Waals surface area contributed by atoms with Crippen molar-refractivity contribution in [2.45, 2.75) is 13.3 Å². The number of carbonyl (C=O) groups excluding carboxylic acids is 2. The summed E-state index contributed by atoms with van der Waals surface area (Å²) in [5.41, 5.74) is 2.53. The molecule has 1 N–H and O–H groups in total. The third kappa shape index (κ3) is 4.21. The lowest BCUT2D eigenvalue weighted by molar-refractivity contribution is -0.115. The first-order valence-corrected chi connectivity index (χ1v) is 7.08. The highest BCUT2D eigenvalue weighted by atomic mass is 16.5. The van der Waals surface area contributed by atoms with Gasteiger partial charge < -0.3 is 10.1 Å².